The second-order valence-electron chi connectivity index (χ2n) is 11.9. The highest BCUT2D eigenvalue weighted by Gasteiger charge is 2.44. The third-order valence-corrected chi connectivity index (χ3v) is 8.23. The highest BCUT2D eigenvalue weighted by Crippen LogP contribution is 2.32. The average molecular weight is 625 g/mol. The van der Waals surface area contributed by atoms with Gasteiger partial charge in [-0.15, -0.1) is 0 Å². The highest BCUT2D eigenvalue weighted by atomic mass is 16.7. The van der Waals surface area contributed by atoms with Gasteiger partial charge in [-0.05, 0) is 19.3 Å². The first-order valence-corrected chi connectivity index (χ1v) is 16.1. The minimum Gasteiger partial charge on any atom is -0.463 e. The van der Waals surface area contributed by atoms with E-state index < -0.39 is 80.9 Å². The monoisotopic (exact) mass is 624 g/mol. The second-order valence-corrected chi connectivity index (χ2v) is 11.9. The van der Waals surface area contributed by atoms with Crippen LogP contribution in [0.2, 0.25) is 0 Å². The average Bonchev–Trinajstić information content (AvgIpc) is 3.76. The molecule has 0 saturated carbocycles. The lowest BCUT2D eigenvalue weighted by Crippen LogP contribution is -2.59. The van der Waals surface area contributed by atoms with Crippen LogP contribution in [0.1, 0.15) is 96.8 Å². The first kappa shape index (κ1) is 38.2. The molecular formula is C30H56O13. The molecule has 2 aliphatic heterocycles. The van der Waals surface area contributed by atoms with Crippen molar-refractivity contribution >= 4 is 5.97 Å². The van der Waals surface area contributed by atoms with Crippen molar-refractivity contribution in [2.24, 2.45) is 0 Å². The van der Waals surface area contributed by atoms with E-state index in [0.29, 0.717) is 18.6 Å². The summed E-state index contributed by atoms with van der Waals surface area (Å²) in [5, 5.41) is 79.3. The van der Waals surface area contributed by atoms with Gasteiger partial charge in [0.2, 0.25) is 0 Å². The molecule has 2 saturated heterocycles. The first-order valence-electron chi connectivity index (χ1n) is 16.1. The lowest BCUT2D eigenvalue weighted by atomic mass is 9.99. The Kier molecular flexibility index (Phi) is 18.6. The number of ether oxygens (including phenoxy) is 4. The predicted octanol–water partition coefficient (Wildman–Crippen LogP) is 0.0384. The Bertz CT molecular complexity index is 741. The van der Waals surface area contributed by atoms with Gasteiger partial charge in [0.1, 0.15) is 55.4 Å². The Morgan fingerprint density at radius 1 is 0.674 bits per heavy atom. The molecule has 5 unspecified atom stereocenters. The molecule has 2 rings (SSSR count). The van der Waals surface area contributed by atoms with Crippen molar-refractivity contribution in [1.82, 2.24) is 0 Å². The summed E-state index contributed by atoms with van der Waals surface area (Å²) in [6.07, 6.45) is 0.784. The molecule has 2 aliphatic rings. The van der Waals surface area contributed by atoms with E-state index in [0.717, 1.165) is 32.1 Å². The van der Waals surface area contributed by atoms with Gasteiger partial charge in [0, 0.05) is 6.42 Å². The van der Waals surface area contributed by atoms with Gasteiger partial charge in [0.05, 0.1) is 25.4 Å². The van der Waals surface area contributed by atoms with Gasteiger partial charge < -0.3 is 59.8 Å². The van der Waals surface area contributed by atoms with Crippen LogP contribution in [0.4, 0.5) is 0 Å². The van der Waals surface area contributed by atoms with Crippen LogP contribution >= 0.6 is 0 Å². The number of rotatable bonds is 24. The Morgan fingerprint density at radius 3 is 1.79 bits per heavy atom. The fourth-order valence-corrected chi connectivity index (χ4v) is 5.26. The fourth-order valence-electron chi connectivity index (χ4n) is 5.26. The highest BCUT2D eigenvalue weighted by molar-refractivity contribution is 5.69. The SMILES string of the molecule is CCCCCCCCC1OC1CCCCCCCC(=O)OCC(O)[C@@H](O)[C@H](O)[C@H](O)CO[C@H]1OC(CO)[C@@H](O)[C@H](O)C1O. The van der Waals surface area contributed by atoms with Gasteiger partial charge in [-0.1, -0.05) is 71.1 Å². The first-order chi connectivity index (χ1) is 20.6. The maximum absolute atomic E-state index is 12.0. The van der Waals surface area contributed by atoms with Crippen LogP contribution in [-0.4, -0.2) is 134 Å². The van der Waals surface area contributed by atoms with Crippen LogP contribution < -0.4 is 0 Å². The summed E-state index contributed by atoms with van der Waals surface area (Å²) in [7, 11) is 0. The van der Waals surface area contributed by atoms with Crippen molar-refractivity contribution in [1.29, 1.82) is 0 Å². The second kappa shape index (κ2) is 20.9. The lowest BCUT2D eigenvalue weighted by molar-refractivity contribution is -0.306. The van der Waals surface area contributed by atoms with E-state index in [9.17, 15) is 45.6 Å². The zero-order valence-corrected chi connectivity index (χ0v) is 25.5. The summed E-state index contributed by atoms with van der Waals surface area (Å²) >= 11 is 0. The lowest BCUT2D eigenvalue weighted by Gasteiger charge is -2.40. The van der Waals surface area contributed by atoms with E-state index in [1.165, 1.54) is 44.9 Å². The Hall–Kier alpha value is -0.970. The molecule has 0 aromatic heterocycles. The quantitative estimate of drug-likeness (QED) is 0.0404. The third kappa shape index (κ3) is 13.9. The van der Waals surface area contributed by atoms with Crippen molar-refractivity contribution < 1.29 is 64.6 Å². The number of aliphatic hydroxyl groups is 8. The van der Waals surface area contributed by atoms with Crippen LogP contribution in [0.25, 0.3) is 0 Å². The Labute approximate surface area is 254 Å². The molecule has 2 heterocycles. The molecule has 11 atom stereocenters. The van der Waals surface area contributed by atoms with Crippen molar-refractivity contribution in [3.05, 3.63) is 0 Å². The van der Waals surface area contributed by atoms with E-state index in [-0.39, 0.29) is 6.42 Å². The van der Waals surface area contributed by atoms with E-state index in [4.69, 9.17) is 18.9 Å². The number of aliphatic hydroxyl groups excluding tert-OH is 8. The molecule has 0 aromatic carbocycles. The number of hydrogen-bond acceptors (Lipinski definition) is 13. The van der Waals surface area contributed by atoms with E-state index in [2.05, 4.69) is 6.92 Å². The minimum atomic E-state index is -1.91. The third-order valence-electron chi connectivity index (χ3n) is 8.23. The van der Waals surface area contributed by atoms with Crippen molar-refractivity contribution in [2.75, 3.05) is 19.8 Å². The summed E-state index contributed by atoms with van der Waals surface area (Å²) in [5.74, 6) is -0.545. The van der Waals surface area contributed by atoms with E-state index >= 15 is 0 Å². The number of carbonyl (C=O) groups excluding carboxylic acids is 1. The summed E-state index contributed by atoms with van der Waals surface area (Å²) in [6, 6.07) is 0. The summed E-state index contributed by atoms with van der Waals surface area (Å²) < 4.78 is 21.0. The van der Waals surface area contributed by atoms with Gasteiger partial charge in [0.25, 0.3) is 0 Å². The number of esters is 1. The maximum atomic E-state index is 12.0. The number of carbonyl (C=O) groups is 1. The van der Waals surface area contributed by atoms with Crippen LogP contribution in [0.3, 0.4) is 0 Å². The molecule has 0 radical (unpaired) electrons. The van der Waals surface area contributed by atoms with Gasteiger partial charge >= 0.3 is 5.97 Å². The largest absolute Gasteiger partial charge is 0.463 e. The minimum absolute atomic E-state index is 0.160. The van der Waals surface area contributed by atoms with Gasteiger partial charge in [-0.25, -0.2) is 0 Å². The number of hydrogen-bond donors (Lipinski definition) is 8. The van der Waals surface area contributed by atoms with Gasteiger partial charge in [-0.3, -0.25) is 4.79 Å². The van der Waals surface area contributed by atoms with E-state index in [1.54, 1.807) is 0 Å². The zero-order chi connectivity index (χ0) is 31.8. The molecule has 13 nitrogen and oxygen atoms in total. The van der Waals surface area contributed by atoms with Crippen molar-refractivity contribution in [2.45, 2.75) is 164 Å². The van der Waals surface area contributed by atoms with Crippen LogP contribution in [0, 0.1) is 0 Å². The van der Waals surface area contributed by atoms with Crippen LogP contribution in [-0.2, 0) is 23.7 Å². The molecule has 0 aliphatic carbocycles. The molecule has 0 amide bonds. The van der Waals surface area contributed by atoms with Crippen molar-refractivity contribution in [3.8, 4) is 0 Å². The molecular weight excluding hydrogens is 568 g/mol. The summed E-state index contributed by atoms with van der Waals surface area (Å²) in [6.45, 7) is 0.278. The van der Waals surface area contributed by atoms with Gasteiger partial charge in [0.15, 0.2) is 6.29 Å². The molecule has 254 valence electrons. The molecule has 43 heavy (non-hydrogen) atoms. The standard InChI is InChI=1S/C30H56O13/c1-2-3-4-5-7-10-13-21-22(42-21)14-11-8-6-9-12-15-24(34)40-17-19(32)25(35)26(36)20(33)18-41-30-29(39)28(38)27(37)23(16-31)43-30/h19-23,25-33,35-39H,2-18H2,1H3/t19?,20-,21?,22?,23?,25-,26-,27-,28+,29?,30+/m1/s1. The van der Waals surface area contributed by atoms with Crippen LogP contribution in [0.5, 0.6) is 0 Å². The smallest absolute Gasteiger partial charge is 0.305 e. The molecule has 8 N–H and O–H groups in total. The Morgan fingerprint density at radius 2 is 1.21 bits per heavy atom. The predicted molar refractivity (Wildman–Crippen MR) is 154 cm³/mol. The molecule has 0 bridgehead atoms. The topological polar surface area (TPSA) is 219 Å². The zero-order valence-electron chi connectivity index (χ0n) is 25.5. The summed E-state index contributed by atoms with van der Waals surface area (Å²) in [4.78, 5) is 12.0. The van der Waals surface area contributed by atoms with Crippen molar-refractivity contribution in [3.63, 3.8) is 0 Å². The van der Waals surface area contributed by atoms with Gasteiger partial charge in [-0.2, -0.15) is 0 Å². The molecule has 0 spiro atoms. The maximum Gasteiger partial charge on any atom is 0.305 e. The Balaban J connectivity index is 1.49. The molecule has 0 aromatic rings. The molecule has 2 fully saturated rings. The summed E-state index contributed by atoms with van der Waals surface area (Å²) in [5.41, 5.74) is 0. The van der Waals surface area contributed by atoms with E-state index in [1.807, 2.05) is 0 Å². The van der Waals surface area contributed by atoms with Crippen LogP contribution in [0.15, 0.2) is 0 Å². The molecule has 13 heteroatoms. The fraction of sp³-hybridized carbons (Fsp3) is 0.967. The number of unbranched alkanes of at least 4 members (excludes halogenated alkanes) is 9. The number of epoxide rings is 1. The normalized spacial score (nSPS) is 30.0.